The van der Waals surface area contributed by atoms with Crippen molar-refractivity contribution in [3.8, 4) is 0 Å². The van der Waals surface area contributed by atoms with E-state index in [1.165, 1.54) is 29.7 Å². The van der Waals surface area contributed by atoms with Gasteiger partial charge in [-0.25, -0.2) is 0 Å². The molecule has 0 amide bonds. The lowest BCUT2D eigenvalue weighted by molar-refractivity contribution is 0.536. The fraction of sp³-hybridized carbons (Fsp3) is 0.462. The molecule has 2 nitrogen and oxygen atoms in total. The molecule has 1 aromatic rings. The van der Waals surface area contributed by atoms with E-state index in [0.717, 1.165) is 18.4 Å². The number of aryl methyl sites for hydroxylation is 1. The highest BCUT2D eigenvalue weighted by Gasteiger charge is 2.31. The maximum absolute atomic E-state index is 4.27. The molecule has 0 saturated carbocycles. The van der Waals surface area contributed by atoms with Gasteiger partial charge in [-0.2, -0.15) is 0 Å². The first-order valence-electron chi connectivity index (χ1n) is 5.66. The third-order valence-corrected chi connectivity index (χ3v) is 3.54. The van der Waals surface area contributed by atoms with Crippen LogP contribution in [0.1, 0.15) is 17.5 Å². The highest BCUT2D eigenvalue weighted by atomic mass is 14.9. The van der Waals surface area contributed by atoms with Gasteiger partial charge in [0.25, 0.3) is 0 Å². The number of aromatic nitrogens is 1. The number of nitrogens with zero attached hydrogens (tertiary/aromatic N) is 1. The van der Waals surface area contributed by atoms with E-state index in [9.17, 15) is 0 Å². The topological polar surface area (TPSA) is 24.9 Å². The number of allylic oxidation sites excluding steroid dienone is 1. The summed E-state index contributed by atoms with van der Waals surface area (Å²) in [5.74, 6) is 1.60. The van der Waals surface area contributed by atoms with Gasteiger partial charge in [-0.1, -0.05) is 6.08 Å². The minimum absolute atomic E-state index is 0.764. The first kappa shape index (κ1) is 9.10. The summed E-state index contributed by atoms with van der Waals surface area (Å²) in [6.07, 6.45) is 7.58. The monoisotopic (exact) mass is 200 g/mol. The molecule has 1 aromatic heterocycles. The quantitative estimate of drug-likeness (QED) is 0.750. The number of pyridine rings is 1. The van der Waals surface area contributed by atoms with Crippen LogP contribution in [0.5, 0.6) is 0 Å². The number of hydrogen-bond donors (Lipinski definition) is 1. The van der Waals surface area contributed by atoms with Crippen LogP contribution in [0, 0.1) is 18.8 Å². The molecule has 0 spiro atoms. The van der Waals surface area contributed by atoms with E-state index < -0.39 is 0 Å². The molecule has 1 N–H and O–H groups in total. The minimum Gasteiger partial charge on any atom is -0.316 e. The van der Waals surface area contributed by atoms with Crippen LogP contribution < -0.4 is 5.32 Å². The molecule has 78 valence electrons. The predicted octanol–water partition coefficient (Wildman–Crippen LogP) is 2.01. The summed E-state index contributed by atoms with van der Waals surface area (Å²) in [7, 11) is 0. The zero-order valence-corrected chi connectivity index (χ0v) is 9.03. The summed E-state index contributed by atoms with van der Waals surface area (Å²) in [5.41, 5.74) is 4.08. The molecule has 2 atom stereocenters. The molecule has 15 heavy (non-hydrogen) atoms. The third kappa shape index (κ3) is 1.59. The summed E-state index contributed by atoms with van der Waals surface area (Å²) in [6.45, 7) is 4.45. The molecule has 1 aliphatic carbocycles. The Kier molecular flexibility index (Phi) is 2.10. The Labute approximate surface area is 90.4 Å². The Balaban J connectivity index is 1.90. The molecule has 1 aliphatic heterocycles. The van der Waals surface area contributed by atoms with Gasteiger partial charge in [-0.3, -0.25) is 4.98 Å². The minimum atomic E-state index is 0.764. The van der Waals surface area contributed by atoms with Gasteiger partial charge in [0.2, 0.25) is 0 Å². The van der Waals surface area contributed by atoms with Gasteiger partial charge in [-0.15, -0.1) is 0 Å². The first-order chi connectivity index (χ1) is 7.33. The molecule has 0 aromatic carbocycles. The second-order valence-corrected chi connectivity index (χ2v) is 4.73. The molecule has 1 saturated heterocycles. The maximum atomic E-state index is 4.27. The van der Waals surface area contributed by atoms with Crippen molar-refractivity contribution in [1.29, 1.82) is 0 Å². The van der Waals surface area contributed by atoms with Gasteiger partial charge in [0.05, 0.1) is 0 Å². The van der Waals surface area contributed by atoms with E-state index in [0.29, 0.717) is 0 Å². The third-order valence-electron chi connectivity index (χ3n) is 3.54. The zero-order chi connectivity index (χ0) is 10.3. The Bertz CT molecular complexity index is 409. The molecular weight excluding hydrogens is 184 g/mol. The second-order valence-electron chi connectivity index (χ2n) is 4.73. The van der Waals surface area contributed by atoms with Crippen LogP contribution in [0.25, 0.3) is 5.57 Å². The molecule has 0 bridgehead atoms. The smallest absolute Gasteiger partial charge is 0.0343 e. The molecule has 3 rings (SSSR count). The summed E-state index contributed by atoms with van der Waals surface area (Å²) in [4.78, 5) is 4.27. The van der Waals surface area contributed by atoms with Crippen molar-refractivity contribution < 1.29 is 0 Å². The molecule has 2 heterocycles. The predicted molar refractivity (Wildman–Crippen MR) is 61.4 cm³/mol. The SMILES string of the molecule is Cc1cncc(C2=C[C@@H]3CNC[C@@H]3C2)c1. The molecule has 0 unspecified atom stereocenters. The Hall–Kier alpha value is -1.15. The average Bonchev–Trinajstić information content (AvgIpc) is 2.76. The van der Waals surface area contributed by atoms with Crippen molar-refractivity contribution >= 4 is 5.57 Å². The molecule has 2 heteroatoms. The number of nitrogens with one attached hydrogen (secondary N) is 1. The lowest BCUT2D eigenvalue weighted by Gasteiger charge is -2.06. The van der Waals surface area contributed by atoms with E-state index in [2.05, 4.69) is 29.4 Å². The van der Waals surface area contributed by atoms with Gasteiger partial charge in [0, 0.05) is 18.9 Å². The van der Waals surface area contributed by atoms with Crippen molar-refractivity contribution in [3.05, 3.63) is 35.7 Å². The summed E-state index contributed by atoms with van der Waals surface area (Å²) in [5, 5.41) is 3.45. The summed E-state index contributed by atoms with van der Waals surface area (Å²) in [6, 6.07) is 2.24. The van der Waals surface area contributed by atoms with Crippen LogP contribution in [0.2, 0.25) is 0 Å². The average molecular weight is 200 g/mol. The Morgan fingerprint density at radius 2 is 2.27 bits per heavy atom. The van der Waals surface area contributed by atoms with E-state index >= 15 is 0 Å². The van der Waals surface area contributed by atoms with Crippen LogP contribution >= 0.6 is 0 Å². The zero-order valence-electron chi connectivity index (χ0n) is 9.03. The van der Waals surface area contributed by atoms with E-state index in [1.54, 1.807) is 0 Å². The molecular formula is C13H16N2. The van der Waals surface area contributed by atoms with Gasteiger partial charge < -0.3 is 5.32 Å². The van der Waals surface area contributed by atoms with E-state index in [-0.39, 0.29) is 0 Å². The fourth-order valence-electron chi connectivity index (χ4n) is 2.73. The van der Waals surface area contributed by atoms with Crippen molar-refractivity contribution in [1.82, 2.24) is 10.3 Å². The van der Waals surface area contributed by atoms with Gasteiger partial charge in [0.15, 0.2) is 0 Å². The van der Waals surface area contributed by atoms with Gasteiger partial charge >= 0.3 is 0 Å². The lowest BCUT2D eigenvalue weighted by atomic mass is 9.98. The van der Waals surface area contributed by atoms with Crippen molar-refractivity contribution in [3.63, 3.8) is 0 Å². The summed E-state index contributed by atoms with van der Waals surface area (Å²) >= 11 is 0. The van der Waals surface area contributed by atoms with Crippen LogP contribution in [0.15, 0.2) is 24.5 Å². The summed E-state index contributed by atoms with van der Waals surface area (Å²) < 4.78 is 0. The van der Waals surface area contributed by atoms with Crippen molar-refractivity contribution in [2.45, 2.75) is 13.3 Å². The van der Waals surface area contributed by atoms with Crippen molar-refractivity contribution in [2.75, 3.05) is 13.1 Å². The van der Waals surface area contributed by atoms with Crippen LogP contribution in [-0.2, 0) is 0 Å². The van der Waals surface area contributed by atoms with Crippen LogP contribution in [0.4, 0.5) is 0 Å². The fourth-order valence-corrected chi connectivity index (χ4v) is 2.73. The highest BCUT2D eigenvalue weighted by molar-refractivity contribution is 5.68. The largest absolute Gasteiger partial charge is 0.316 e. The molecule has 1 fully saturated rings. The van der Waals surface area contributed by atoms with Crippen LogP contribution in [-0.4, -0.2) is 18.1 Å². The maximum Gasteiger partial charge on any atom is 0.0343 e. The number of rotatable bonds is 1. The number of fused-ring (bicyclic) bond motifs is 1. The molecule has 0 radical (unpaired) electrons. The van der Waals surface area contributed by atoms with Crippen molar-refractivity contribution in [2.24, 2.45) is 11.8 Å². The standard InChI is InChI=1S/C13H16N2/c1-9-2-11(6-14-5-9)10-3-12-7-15-8-13(12)4-10/h2-3,5-6,12-13,15H,4,7-8H2,1H3/t12-,13+/m1/s1. The lowest BCUT2D eigenvalue weighted by Crippen LogP contribution is -2.09. The first-order valence-corrected chi connectivity index (χ1v) is 5.66. The highest BCUT2D eigenvalue weighted by Crippen LogP contribution is 2.37. The van der Waals surface area contributed by atoms with Crippen LogP contribution in [0.3, 0.4) is 0 Å². The Morgan fingerprint density at radius 3 is 3.07 bits per heavy atom. The molecule has 2 aliphatic rings. The van der Waals surface area contributed by atoms with Gasteiger partial charge in [0.1, 0.15) is 0 Å². The number of hydrogen-bond acceptors (Lipinski definition) is 2. The second kappa shape index (κ2) is 3.46. The van der Waals surface area contributed by atoms with E-state index in [4.69, 9.17) is 0 Å². The Morgan fingerprint density at radius 1 is 1.33 bits per heavy atom. The van der Waals surface area contributed by atoms with Gasteiger partial charge in [-0.05, 0) is 54.5 Å². The van der Waals surface area contributed by atoms with E-state index in [1.807, 2.05) is 12.4 Å². The normalized spacial score (nSPS) is 29.0.